The largest absolute Gasteiger partial charge is 0.480 e. The SMILES string of the molecule is CC(C)CC(N)C(=O)NC(CO)C(=O)NC(Cc1cnc[nH]1)C(=O)NC(C(=O)O)C(C)O. The van der Waals surface area contributed by atoms with Gasteiger partial charge >= 0.3 is 5.97 Å². The molecular weight excluding hydrogens is 424 g/mol. The van der Waals surface area contributed by atoms with Gasteiger partial charge in [-0.05, 0) is 19.3 Å². The lowest BCUT2D eigenvalue weighted by molar-refractivity contribution is -0.145. The molecule has 0 aliphatic carbocycles. The number of nitrogens with two attached hydrogens (primary N) is 1. The summed E-state index contributed by atoms with van der Waals surface area (Å²) in [6, 6.07) is -5.17. The van der Waals surface area contributed by atoms with Gasteiger partial charge in [-0.15, -0.1) is 0 Å². The van der Waals surface area contributed by atoms with Crippen molar-refractivity contribution in [2.75, 3.05) is 6.61 Å². The van der Waals surface area contributed by atoms with E-state index in [4.69, 9.17) is 5.73 Å². The third kappa shape index (κ3) is 8.61. The Hall–Kier alpha value is -3.03. The summed E-state index contributed by atoms with van der Waals surface area (Å²) in [4.78, 5) is 55.4. The number of carboxylic acid groups (broad SMARTS) is 1. The third-order valence-electron chi connectivity index (χ3n) is 4.54. The van der Waals surface area contributed by atoms with Gasteiger partial charge in [-0.3, -0.25) is 14.4 Å². The number of nitrogens with zero attached hydrogens (tertiary/aromatic N) is 1. The molecule has 3 amide bonds. The molecule has 13 heteroatoms. The van der Waals surface area contributed by atoms with Crippen molar-refractivity contribution in [1.82, 2.24) is 25.9 Å². The van der Waals surface area contributed by atoms with Gasteiger partial charge < -0.3 is 42.0 Å². The normalized spacial score (nSPS) is 15.8. The van der Waals surface area contributed by atoms with Crippen LogP contribution in [0.5, 0.6) is 0 Å². The molecule has 5 unspecified atom stereocenters. The van der Waals surface area contributed by atoms with Gasteiger partial charge in [0.25, 0.3) is 0 Å². The van der Waals surface area contributed by atoms with Crippen molar-refractivity contribution in [3.8, 4) is 0 Å². The Morgan fingerprint density at radius 3 is 2.12 bits per heavy atom. The van der Waals surface area contributed by atoms with Gasteiger partial charge in [-0.25, -0.2) is 9.78 Å². The van der Waals surface area contributed by atoms with Crippen LogP contribution < -0.4 is 21.7 Å². The van der Waals surface area contributed by atoms with Crippen LogP contribution in [-0.4, -0.2) is 85.9 Å². The lowest BCUT2D eigenvalue weighted by Gasteiger charge is -2.25. The molecule has 32 heavy (non-hydrogen) atoms. The van der Waals surface area contributed by atoms with Crippen molar-refractivity contribution in [3.05, 3.63) is 18.2 Å². The van der Waals surface area contributed by atoms with E-state index in [1.165, 1.54) is 19.4 Å². The molecule has 1 heterocycles. The van der Waals surface area contributed by atoms with Gasteiger partial charge in [0.2, 0.25) is 17.7 Å². The lowest BCUT2D eigenvalue weighted by Crippen LogP contribution is -2.59. The summed E-state index contributed by atoms with van der Waals surface area (Å²) < 4.78 is 0. The molecule has 180 valence electrons. The number of imidazole rings is 1. The van der Waals surface area contributed by atoms with E-state index >= 15 is 0 Å². The van der Waals surface area contributed by atoms with Crippen LogP contribution in [0.25, 0.3) is 0 Å². The van der Waals surface area contributed by atoms with Crippen LogP contribution in [0.4, 0.5) is 0 Å². The summed E-state index contributed by atoms with van der Waals surface area (Å²) >= 11 is 0. The second-order valence-electron chi connectivity index (χ2n) is 7.89. The molecule has 1 rings (SSSR count). The van der Waals surface area contributed by atoms with Crippen LogP contribution >= 0.6 is 0 Å². The zero-order chi connectivity index (χ0) is 24.4. The molecule has 1 aromatic heterocycles. The number of amides is 3. The summed E-state index contributed by atoms with van der Waals surface area (Å²) in [5.41, 5.74) is 6.25. The second-order valence-corrected chi connectivity index (χ2v) is 7.89. The van der Waals surface area contributed by atoms with Gasteiger partial charge in [-0.1, -0.05) is 13.8 Å². The summed E-state index contributed by atoms with van der Waals surface area (Å²) in [5, 5.41) is 35.2. The maximum Gasteiger partial charge on any atom is 0.328 e. The topological polar surface area (TPSA) is 220 Å². The Kier molecular flexibility index (Phi) is 10.7. The molecule has 0 fully saturated rings. The van der Waals surface area contributed by atoms with E-state index in [0.717, 1.165) is 0 Å². The summed E-state index contributed by atoms with van der Waals surface area (Å²) in [7, 11) is 0. The van der Waals surface area contributed by atoms with Crippen molar-refractivity contribution >= 4 is 23.7 Å². The fraction of sp³-hybridized carbons (Fsp3) is 0.632. The first-order valence-electron chi connectivity index (χ1n) is 10.1. The van der Waals surface area contributed by atoms with Crippen molar-refractivity contribution in [1.29, 1.82) is 0 Å². The van der Waals surface area contributed by atoms with Crippen LogP contribution in [-0.2, 0) is 25.6 Å². The minimum Gasteiger partial charge on any atom is -0.480 e. The smallest absolute Gasteiger partial charge is 0.328 e. The van der Waals surface area contributed by atoms with Crippen molar-refractivity contribution in [2.24, 2.45) is 11.7 Å². The standard InChI is InChI=1S/C19H32N6O7/c1-9(2)4-12(20)16(28)24-14(7-26)18(30)23-13(5-11-6-21-8-22-11)17(29)25-15(10(3)27)19(31)32/h6,8-10,12-15,26-27H,4-5,7,20H2,1-3H3,(H,21,22)(H,23,30)(H,24,28)(H,25,29)(H,31,32). The number of aliphatic hydroxyl groups is 2. The van der Waals surface area contributed by atoms with E-state index in [2.05, 4.69) is 25.9 Å². The summed E-state index contributed by atoms with van der Waals surface area (Å²) in [6.45, 7) is 4.19. The minimum absolute atomic E-state index is 0.0946. The number of aromatic amines is 1. The number of aliphatic carboxylic acids is 1. The predicted molar refractivity (Wildman–Crippen MR) is 112 cm³/mol. The van der Waals surface area contributed by atoms with Gasteiger partial charge in [0.05, 0.1) is 25.1 Å². The average Bonchev–Trinajstić information content (AvgIpc) is 3.21. The van der Waals surface area contributed by atoms with E-state index in [1.807, 2.05) is 13.8 Å². The van der Waals surface area contributed by atoms with Crippen LogP contribution in [0.3, 0.4) is 0 Å². The molecule has 1 aromatic rings. The lowest BCUT2D eigenvalue weighted by atomic mass is 10.0. The molecule has 0 saturated carbocycles. The Bertz CT molecular complexity index is 768. The predicted octanol–water partition coefficient (Wildman–Crippen LogP) is -2.76. The first-order valence-corrected chi connectivity index (χ1v) is 10.1. The first-order chi connectivity index (χ1) is 15.0. The molecule has 0 aliphatic heterocycles. The number of nitrogens with one attached hydrogen (secondary N) is 4. The van der Waals surface area contributed by atoms with Gasteiger partial charge in [0, 0.05) is 18.3 Å². The highest BCUT2D eigenvalue weighted by Crippen LogP contribution is 2.04. The van der Waals surface area contributed by atoms with E-state index in [0.29, 0.717) is 12.1 Å². The molecule has 0 aromatic carbocycles. The Balaban J connectivity index is 2.94. The summed E-state index contributed by atoms with van der Waals surface area (Å²) in [5.74, 6) is -3.72. The van der Waals surface area contributed by atoms with Crippen molar-refractivity contribution < 1.29 is 34.5 Å². The van der Waals surface area contributed by atoms with E-state index < -0.39 is 60.6 Å². The number of hydrogen-bond acceptors (Lipinski definition) is 8. The van der Waals surface area contributed by atoms with Gasteiger partial charge in [-0.2, -0.15) is 0 Å². The quantitative estimate of drug-likeness (QED) is 0.154. The van der Waals surface area contributed by atoms with Crippen LogP contribution in [0.2, 0.25) is 0 Å². The first kappa shape index (κ1) is 27.0. The fourth-order valence-electron chi connectivity index (χ4n) is 2.83. The molecule has 0 aliphatic rings. The number of carbonyl (C=O) groups excluding carboxylic acids is 3. The Labute approximate surface area is 185 Å². The molecule has 0 spiro atoms. The number of aliphatic hydroxyl groups excluding tert-OH is 2. The van der Waals surface area contributed by atoms with Crippen molar-refractivity contribution in [3.63, 3.8) is 0 Å². The highest BCUT2D eigenvalue weighted by molar-refractivity contribution is 5.94. The number of aromatic nitrogens is 2. The zero-order valence-electron chi connectivity index (χ0n) is 18.2. The molecule has 0 saturated heterocycles. The molecule has 5 atom stereocenters. The van der Waals surface area contributed by atoms with Gasteiger partial charge in [0.1, 0.15) is 12.1 Å². The zero-order valence-corrected chi connectivity index (χ0v) is 18.2. The van der Waals surface area contributed by atoms with Crippen LogP contribution in [0.15, 0.2) is 12.5 Å². The number of H-pyrrole nitrogens is 1. The van der Waals surface area contributed by atoms with E-state index in [-0.39, 0.29) is 12.3 Å². The maximum absolute atomic E-state index is 12.7. The number of carboxylic acids is 1. The third-order valence-corrected chi connectivity index (χ3v) is 4.54. The number of rotatable bonds is 13. The van der Waals surface area contributed by atoms with E-state index in [9.17, 15) is 34.5 Å². The van der Waals surface area contributed by atoms with Crippen LogP contribution in [0.1, 0.15) is 32.9 Å². The molecule has 9 N–H and O–H groups in total. The van der Waals surface area contributed by atoms with Gasteiger partial charge in [0.15, 0.2) is 6.04 Å². The van der Waals surface area contributed by atoms with E-state index in [1.54, 1.807) is 0 Å². The van der Waals surface area contributed by atoms with Crippen LogP contribution in [0, 0.1) is 5.92 Å². The second kappa shape index (κ2) is 12.7. The molecule has 13 nitrogen and oxygen atoms in total. The molecule has 0 bridgehead atoms. The highest BCUT2D eigenvalue weighted by Gasteiger charge is 2.32. The van der Waals surface area contributed by atoms with Crippen molar-refractivity contribution in [2.45, 2.75) is 63.9 Å². The molecule has 0 radical (unpaired) electrons. The Morgan fingerprint density at radius 2 is 1.66 bits per heavy atom. The number of hydrogen-bond donors (Lipinski definition) is 8. The molecular formula is C19H32N6O7. The maximum atomic E-state index is 12.7. The fourth-order valence-corrected chi connectivity index (χ4v) is 2.83. The summed E-state index contributed by atoms with van der Waals surface area (Å²) in [6.07, 6.45) is 1.64. The monoisotopic (exact) mass is 456 g/mol. The minimum atomic E-state index is -1.61. The average molecular weight is 457 g/mol. The highest BCUT2D eigenvalue weighted by atomic mass is 16.4. The number of carbonyl (C=O) groups is 4. The Morgan fingerprint density at radius 1 is 1.06 bits per heavy atom.